The Hall–Kier alpha value is -4.87. The van der Waals surface area contributed by atoms with Crippen LogP contribution in [0.15, 0.2) is 60.7 Å². The number of anilines is 3. The number of esters is 1. The smallest absolute Gasteiger partial charge is 0.310 e. The molecule has 9 nitrogen and oxygen atoms in total. The minimum atomic E-state index is -2.66. The fourth-order valence-electron chi connectivity index (χ4n) is 5.49. The summed E-state index contributed by atoms with van der Waals surface area (Å²) in [5.41, 5.74) is 1.36. The Balaban J connectivity index is 1.45. The molecule has 3 aromatic carbocycles. The first-order valence-corrected chi connectivity index (χ1v) is 15.1. The molecule has 12 heteroatoms. The number of piperidine rings is 1. The largest absolute Gasteiger partial charge is 0.460 e. The van der Waals surface area contributed by atoms with Crippen molar-refractivity contribution in [2.45, 2.75) is 65.0 Å². The zero-order valence-corrected chi connectivity index (χ0v) is 25.9. The SMILES string of the molecule is CC(C)(C)OC(=O)Cc1cc(F)ccc1NC(=O)c1ccc(N2CCCCC2)c(NC(=O)c2nn(CC(F)F)c3ccccc23)c1. The Morgan fingerprint density at radius 2 is 1.63 bits per heavy atom. The molecule has 1 aliphatic heterocycles. The number of para-hydroxylation sites is 1. The lowest BCUT2D eigenvalue weighted by Gasteiger charge is -2.30. The summed E-state index contributed by atoms with van der Waals surface area (Å²) in [5, 5.41) is 10.3. The Morgan fingerprint density at radius 3 is 2.35 bits per heavy atom. The van der Waals surface area contributed by atoms with E-state index in [1.807, 2.05) is 0 Å². The van der Waals surface area contributed by atoms with E-state index < -0.39 is 42.2 Å². The normalized spacial score (nSPS) is 13.6. The number of nitrogens with one attached hydrogen (secondary N) is 2. The van der Waals surface area contributed by atoms with E-state index in [1.54, 1.807) is 57.2 Å². The summed E-state index contributed by atoms with van der Waals surface area (Å²) < 4.78 is 47.2. The van der Waals surface area contributed by atoms with Crippen LogP contribution < -0.4 is 15.5 Å². The minimum absolute atomic E-state index is 0.0196. The molecule has 0 unspecified atom stereocenters. The number of hydrogen-bond donors (Lipinski definition) is 2. The summed E-state index contributed by atoms with van der Waals surface area (Å²) in [7, 11) is 0. The zero-order chi connectivity index (χ0) is 33.0. The Kier molecular flexibility index (Phi) is 9.64. The molecule has 1 aliphatic rings. The van der Waals surface area contributed by atoms with Crippen molar-refractivity contribution in [1.29, 1.82) is 0 Å². The maximum atomic E-state index is 14.1. The number of hydrogen-bond acceptors (Lipinski definition) is 6. The Morgan fingerprint density at radius 1 is 0.913 bits per heavy atom. The van der Waals surface area contributed by atoms with Crippen LogP contribution in [-0.4, -0.2) is 52.7 Å². The van der Waals surface area contributed by atoms with Gasteiger partial charge in [0.1, 0.15) is 18.0 Å². The zero-order valence-electron chi connectivity index (χ0n) is 25.9. The van der Waals surface area contributed by atoms with Gasteiger partial charge in [0.05, 0.1) is 23.3 Å². The summed E-state index contributed by atoms with van der Waals surface area (Å²) in [4.78, 5) is 41.8. The standard InChI is InChI=1S/C34H36F3N5O4/c1-34(2,3)46-30(43)19-22-17-23(35)12-13-25(22)38-32(44)21-11-14-28(41-15-7-4-8-16-41)26(18-21)39-33(45)31-24-9-5-6-10-27(24)42(40-31)20-29(36)37/h5-6,9-14,17-18,29H,4,7-8,15-16,19-20H2,1-3H3,(H,38,44)(H,39,45). The first-order chi connectivity index (χ1) is 21.9. The lowest BCUT2D eigenvalue weighted by atomic mass is 10.1. The van der Waals surface area contributed by atoms with E-state index in [9.17, 15) is 27.6 Å². The van der Waals surface area contributed by atoms with Gasteiger partial charge in [-0.15, -0.1) is 0 Å². The van der Waals surface area contributed by atoms with Gasteiger partial charge < -0.3 is 20.3 Å². The highest BCUT2D eigenvalue weighted by atomic mass is 19.3. The number of fused-ring (bicyclic) bond motifs is 1. The van der Waals surface area contributed by atoms with Crippen molar-refractivity contribution >= 4 is 45.7 Å². The number of carbonyl (C=O) groups excluding carboxylic acids is 3. The second kappa shape index (κ2) is 13.6. The van der Waals surface area contributed by atoms with E-state index >= 15 is 0 Å². The fourth-order valence-corrected chi connectivity index (χ4v) is 5.49. The van der Waals surface area contributed by atoms with Crippen LogP contribution in [0.4, 0.5) is 30.2 Å². The van der Waals surface area contributed by atoms with Crippen LogP contribution in [0.2, 0.25) is 0 Å². The molecule has 242 valence electrons. The number of halogens is 3. The van der Waals surface area contributed by atoms with Crippen LogP contribution in [-0.2, 0) is 22.5 Å². The lowest BCUT2D eigenvalue weighted by Crippen LogP contribution is -2.30. The molecule has 1 fully saturated rings. The van der Waals surface area contributed by atoms with Crippen LogP contribution in [0, 0.1) is 5.82 Å². The molecular weight excluding hydrogens is 599 g/mol. The van der Waals surface area contributed by atoms with E-state index in [0.717, 1.165) is 37.0 Å². The van der Waals surface area contributed by atoms with Gasteiger partial charge >= 0.3 is 5.97 Å². The molecule has 1 saturated heterocycles. The molecule has 5 rings (SSSR count). The maximum Gasteiger partial charge on any atom is 0.310 e. The van der Waals surface area contributed by atoms with Crippen molar-refractivity contribution in [2.75, 3.05) is 28.6 Å². The van der Waals surface area contributed by atoms with Crippen LogP contribution in [0.1, 0.15) is 66.4 Å². The van der Waals surface area contributed by atoms with Gasteiger partial charge in [-0.25, -0.2) is 13.2 Å². The summed E-state index contributed by atoms with van der Waals surface area (Å²) >= 11 is 0. The van der Waals surface area contributed by atoms with Crippen molar-refractivity contribution in [1.82, 2.24) is 9.78 Å². The van der Waals surface area contributed by atoms with E-state index in [0.29, 0.717) is 22.3 Å². The average molecular weight is 636 g/mol. The van der Waals surface area contributed by atoms with Gasteiger partial charge in [-0.2, -0.15) is 5.10 Å². The van der Waals surface area contributed by atoms with Crippen LogP contribution in [0.25, 0.3) is 10.9 Å². The molecule has 0 aliphatic carbocycles. The molecule has 2 N–H and O–H groups in total. The van der Waals surface area contributed by atoms with Gasteiger partial charge in [0.25, 0.3) is 18.2 Å². The van der Waals surface area contributed by atoms with Crippen molar-refractivity contribution < 1.29 is 32.3 Å². The lowest BCUT2D eigenvalue weighted by molar-refractivity contribution is -0.153. The number of ether oxygens (including phenoxy) is 1. The van der Waals surface area contributed by atoms with E-state index in [2.05, 4.69) is 20.6 Å². The molecular formula is C34H36F3N5O4. The quantitative estimate of drug-likeness (QED) is 0.196. The molecule has 2 amide bonds. The number of alkyl halides is 2. The second-order valence-electron chi connectivity index (χ2n) is 12.2. The van der Waals surface area contributed by atoms with Gasteiger partial charge in [0.15, 0.2) is 5.69 Å². The molecule has 0 bridgehead atoms. The fraction of sp³-hybridized carbons (Fsp3) is 0.353. The summed E-state index contributed by atoms with van der Waals surface area (Å²) in [6.45, 7) is 6.01. The number of nitrogens with zero attached hydrogens (tertiary/aromatic N) is 3. The molecule has 0 spiro atoms. The third-order valence-corrected chi connectivity index (χ3v) is 7.46. The molecule has 0 atom stereocenters. The highest BCUT2D eigenvalue weighted by molar-refractivity contribution is 6.13. The highest BCUT2D eigenvalue weighted by Gasteiger charge is 2.24. The van der Waals surface area contributed by atoms with Crippen molar-refractivity contribution in [3.05, 3.63) is 83.3 Å². The topological polar surface area (TPSA) is 106 Å². The number of amides is 2. The van der Waals surface area contributed by atoms with E-state index in [1.165, 1.54) is 24.3 Å². The van der Waals surface area contributed by atoms with E-state index in [-0.39, 0.29) is 28.9 Å². The van der Waals surface area contributed by atoms with Crippen LogP contribution in [0.5, 0.6) is 0 Å². The van der Waals surface area contributed by atoms with Crippen LogP contribution in [0.3, 0.4) is 0 Å². The first-order valence-electron chi connectivity index (χ1n) is 15.1. The van der Waals surface area contributed by atoms with Crippen molar-refractivity contribution in [3.63, 3.8) is 0 Å². The van der Waals surface area contributed by atoms with Crippen molar-refractivity contribution in [2.24, 2.45) is 0 Å². The van der Waals surface area contributed by atoms with Gasteiger partial charge in [-0.3, -0.25) is 19.1 Å². The van der Waals surface area contributed by atoms with Gasteiger partial charge in [-0.1, -0.05) is 18.2 Å². The number of aromatic nitrogens is 2. The molecule has 0 radical (unpaired) electrons. The Labute approximate surface area is 264 Å². The monoisotopic (exact) mass is 635 g/mol. The predicted octanol–water partition coefficient (Wildman–Crippen LogP) is 6.82. The maximum absolute atomic E-state index is 14.1. The number of benzene rings is 3. The van der Waals surface area contributed by atoms with Crippen molar-refractivity contribution in [3.8, 4) is 0 Å². The third-order valence-electron chi connectivity index (χ3n) is 7.46. The highest BCUT2D eigenvalue weighted by Crippen LogP contribution is 2.32. The Bertz CT molecular complexity index is 1760. The third kappa shape index (κ3) is 7.85. The minimum Gasteiger partial charge on any atom is -0.460 e. The van der Waals surface area contributed by atoms with Gasteiger partial charge in [0, 0.05) is 29.7 Å². The molecule has 46 heavy (non-hydrogen) atoms. The van der Waals surface area contributed by atoms with Crippen LogP contribution >= 0.6 is 0 Å². The summed E-state index contributed by atoms with van der Waals surface area (Å²) in [6.07, 6.45) is 0.0829. The summed E-state index contributed by atoms with van der Waals surface area (Å²) in [6, 6.07) is 15.3. The van der Waals surface area contributed by atoms with Gasteiger partial charge in [0.2, 0.25) is 0 Å². The second-order valence-corrected chi connectivity index (χ2v) is 12.2. The molecule has 2 heterocycles. The average Bonchev–Trinajstić information content (AvgIpc) is 3.36. The molecule has 4 aromatic rings. The molecule has 0 saturated carbocycles. The number of rotatable bonds is 9. The number of carbonyl (C=O) groups is 3. The predicted molar refractivity (Wildman–Crippen MR) is 170 cm³/mol. The summed E-state index contributed by atoms with van der Waals surface area (Å²) in [5.74, 6) is -2.31. The van der Waals surface area contributed by atoms with E-state index in [4.69, 9.17) is 4.74 Å². The van der Waals surface area contributed by atoms with Gasteiger partial charge in [-0.05, 0) is 88.1 Å². The molecule has 1 aromatic heterocycles. The first kappa shape index (κ1) is 32.5.